The Morgan fingerprint density at radius 3 is 2.32 bits per heavy atom. The molecule has 10 heteroatoms. The minimum Gasteiger partial charge on any atom is -0.406 e. The monoisotopic (exact) mass is 527 g/mol. The number of hydrogen-bond donors (Lipinski definition) is 2. The minimum absolute atomic E-state index is 0.000327. The maximum Gasteiger partial charge on any atom is 0.573 e. The first kappa shape index (κ1) is 29.1. The fraction of sp³-hybridized carbons (Fsp3) is 0.704. The normalized spacial score (nSPS) is 18.8. The molecule has 3 rings (SSSR count). The molecule has 0 bridgehead atoms. The van der Waals surface area contributed by atoms with E-state index in [1.807, 2.05) is 13.8 Å². The average molecular weight is 528 g/mol. The van der Waals surface area contributed by atoms with Gasteiger partial charge in [0.05, 0.1) is 13.2 Å². The third kappa shape index (κ3) is 10.1. The summed E-state index contributed by atoms with van der Waals surface area (Å²) in [6.45, 7) is 6.56. The van der Waals surface area contributed by atoms with Gasteiger partial charge in [-0.05, 0) is 42.5 Å². The van der Waals surface area contributed by atoms with Crippen molar-refractivity contribution >= 4 is 17.5 Å². The van der Waals surface area contributed by atoms with Gasteiger partial charge in [0.25, 0.3) is 0 Å². The molecule has 1 saturated carbocycles. The van der Waals surface area contributed by atoms with Gasteiger partial charge < -0.3 is 25.0 Å². The number of anilines is 1. The van der Waals surface area contributed by atoms with Crippen molar-refractivity contribution in [1.29, 1.82) is 0 Å². The molecule has 2 fully saturated rings. The molecule has 2 N–H and O–H groups in total. The number of amides is 2. The van der Waals surface area contributed by atoms with Gasteiger partial charge in [0.15, 0.2) is 0 Å². The highest BCUT2D eigenvalue weighted by atomic mass is 19.4. The average Bonchev–Trinajstić information content (AvgIpc) is 2.87. The van der Waals surface area contributed by atoms with Gasteiger partial charge in [-0.15, -0.1) is 13.2 Å². The number of alkyl halides is 3. The lowest BCUT2D eigenvalue weighted by Crippen LogP contribution is -2.47. The van der Waals surface area contributed by atoms with Crippen molar-refractivity contribution in [1.82, 2.24) is 10.2 Å². The largest absolute Gasteiger partial charge is 0.573 e. The summed E-state index contributed by atoms with van der Waals surface area (Å²) in [7, 11) is 0. The molecule has 1 aromatic rings. The highest BCUT2D eigenvalue weighted by Gasteiger charge is 2.32. The second-order valence-electron chi connectivity index (χ2n) is 10.4. The van der Waals surface area contributed by atoms with Crippen LogP contribution in [0.25, 0.3) is 0 Å². The lowest BCUT2D eigenvalue weighted by Gasteiger charge is -2.31. The third-order valence-electron chi connectivity index (χ3n) is 7.24. The van der Waals surface area contributed by atoms with Gasteiger partial charge in [-0.1, -0.05) is 46.0 Å². The Hall–Kier alpha value is -2.49. The summed E-state index contributed by atoms with van der Waals surface area (Å²) in [5, 5.41) is 6.35. The van der Waals surface area contributed by atoms with Crippen LogP contribution >= 0.6 is 0 Å². The Labute approximate surface area is 217 Å². The number of carbonyl (C=O) groups excluding carboxylic acids is 2. The zero-order valence-corrected chi connectivity index (χ0v) is 21.8. The summed E-state index contributed by atoms with van der Waals surface area (Å²) < 4.78 is 46.5. The molecule has 2 amide bonds. The number of morpholine rings is 1. The van der Waals surface area contributed by atoms with Crippen molar-refractivity contribution in [3.05, 3.63) is 24.3 Å². The quantitative estimate of drug-likeness (QED) is 0.425. The van der Waals surface area contributed by atoms with Crippen molar-refractivity contribution in [3.63, 3.8) is 0 Å². The van der Waals surface area contributed by atoms with Gasteiger partial charge in [0, 0.05) is 43.7 Å². The van der Waals surface area contributed by atoms with Crippen LogP contribution in [0.4, 0.5) is 18.9 Å². The van der Waals surface area contributed by atoms with Gasteiger partial charge in [-0.25, -0.2) is 0 Å². The fourth-order valence-electron chi connectivity index (χ4n) is 5.02. The van der Waals surface area contributed by atoms with Gasteiger partial charge in [-0.2, -0.15) is 0 Å². The first-order chi connectivity index (χ1) is 17.6. The number of nitrogens with zero attached hydrogens (tertiary/aromatic N) is 1. The van der Waals surface area contributed by atoms with Crippen molar-refractivity contribution in [2.24, 2.45) is 17.8 Å². The van der Waals surface area contributed by atoms with E-state index >= 15 is 0 Å². The fourth-order valence-corrected chi connectivity index (χ4v) is 5.02. The summed E-state index contributed by atoms with van der Waals surface area (Å²) in [5.74, 6) is -0.230. The van der Waals surface area contributed by atoms with Crippen LogP contribution in [0.5, 0.6) is 5.75 Å². The molecule has 7 nitrogen and oxygen atoms in total. The summed E-state index contributed by atoms with van der Waals surface area (Å²) >= 11 is 0. The second-order valence-corrected chi connectivity index (χ2v) is 10.4. The van der Waals surface area contributed by atoms with Crippen molar-refractivity contribution in [3.8, 4) is 5.75 Å². The zero-order valence-electron chi connectivity index (χ0n) is 21.8. The molecule has 1 aromatic carbocycles. The second kappa shape index (κ2) is 13.9. The van der Waals surface area contributed by atoms with Crippen LogP contribution in [0.2, 0.25) is 0 Å². The molecule has 37 heavy (non-hydrogen) atoms. The predicted octanol–water partition coefficient (Wildman–Crippen LogP) is 4.97. The maximum absolute atomic E-state index is 13.5. The van der Waals surface area contributed by atoms with E-state index in [1.54, 1.807) is 4.90 Å². The molecule has 1 heterocycles. The lowest BCUT2D eigenvalue weighted by molar-refractivity contribution is -0.274. The summed E-state index contributed by atoms with van der Waals surface area (Å²) in [4.78, 5) is 28.3. The maximum atomic E-state index is 13.5. The van der Waals surface area contributed by atoms with Crippen LogP contribution in [0.15, 0.2) is 24.3 Å². The van der Waals surface area contributed by atoms with Crippen LogP contribution in [-0.2, 0) is 14.3 Å². The van der Waals surface area contributed by atoms with E-state index in [9.17, 15) is 22.8 Å². The van der Waals surface area contributed by atoms with E-state index in [0.29, 0.717) is 50.9 Å². The number of ether oxygens (including phenoxy) is 2. The molecule has 0 spiro atoms. The van der Waals surface area contributed by atoms with Gasteiger partial charge in [0.1, 0.15) is 5.75 Å². The topological polar surface area (TPSA) is 79.9 Å². The smallest absolute Gasteiger partial charge is 0.406 e. The van der Waals surface area contributed by atoms with Crippen molar-refractivity contribution in [2.75, 3.05) is 38.2 Å². The highest BCUT2D eigenvalue weighted by Crippen LogP contribution is 2.31. The molecule has 1 saturated heterocycles. The van der Waals surface area contributed by atoms with Crippen molar-refractivity contribution < 1.29 is 32.2 Å². The van der Waals surface area contributed by atoms with Crippen LogP contribution < -0.4 is 15.4 Å². The molecule has 0 aromatic heterocycles. The highest BCUT2D eigenvalue weighted by molar-refractivity contribution is 5.86. The number of hydrogen-bond acceptors (Lipinski definition) is 5. The van der Waals surface area contributed by atoms with Crippen LogP contribution in [0, 0.1) is 17.8 Å². The third-order valence-corrected chi connectivity index (χ3v) is 7.24. The van der Waals surface area contributed by atoms with Gasteiger partial charge in [0.2, 0.25) is 11.8 Å². The molecule has 1 aliphatic heterocycles. The minimum atomic E-state index is -4.74. The van der Waals surface area contributed by atoms with Crippen LogP contribution in [0.3, 0.4) is 0 Å². The van der Waals surface area contributed by atoms with E-state index < -0.39 is 12.3 Å². The summed E-state index contributed by atoms with van der Waals surface area (Å²) in [6.07, 6.45) is 1.92. The predicted molar refractivity (Wildman–Crippen MR) is 135 cm³/mol. The first-order valence-electron chi connectivity index (χ1n) is 13.4. The Balaban J connectivity index is 1.60. The molecule has 208 valence electrons. The Kier molecular flexibility index (Phi) is 10.9. The Bertz CT molecular complexity index is 851. The molecule has 2 aliphatic rings. The number of rotatable bonds is 11. The summed E-state index contributed by atoms with van der Waals surface area (Å²) in [6, 6.07) is 5.29. The van der Waals surface area contributed by atoms with Crippen LogP contribution in [0.1, 0.15) is 58.8 Å². The Morgan fingerprint density at radius 1 is 1.08 bits per heavy atom. The molecule has 2 atom stereocenters. The SMILES string of the molecule is CC(C)[C@@H](CNc1ccc(OC(F)(F)F)cc1)NC(=O)[C@@H](CC(=O)N1CCOCC1)CC1CCCCC1. The lowest BCUT2D eigenvalue weighted by atomic mass is 9.81. The molecule has 0 unspecified atom stereocenters. The van der Waals surface area contributed by atoms with E-state index in [2.05, 4.69) is 15.4 Å². The van der Waals surface area contributed by atoms with Crippen molar-refractivity contribution in [2.45, 2.75) is 71.2 Å². The Morgan fingerprint density at radius 2 is 1.73 bits per heavy atom. The standard InChI is InChI=1S/C27H40F3N3O4/c1-19(2)24(18-31-22-8-10-23(11-9-22)37-27(28,29)30)32-26(35)21(16-20-6-4-3-5-7-20)17-25(34)33-12-14-36-15-13-33/h8-11,19-21,24,31H,3-7,12-18H2,1-2H3,(H,32,35)/t21-,24-/m1/s1. The number of benzene rings is 1. The number of halogens is 3. The zero-order chi connectivity index (χ0) is 26.8. The molecular weight excluding hydrogens is 487 g/mol. The molecule has 0 radical (unpaired) electrons. The molecule has 1 aliphatic carbocycles. The number of carbonyl (C=O) groups is 2. The van der Waals surface area contributed by atoms with E-state index in [4.69, 9.17) is 4.74 Å². The molecular formula is C27H40F3N3O4. The first-order valence-corrected chi connectivity index (χ1v) is 13.4. The van der Waals surface area contributed by atoms with E-state index in [-0.39, 0.29) is 35.9 Å². The van der Waals surface area contributed by atoms with Crippen LogP contribution in [-0.4, -0.2) is 62.0 Å². The summed E-state index contributed by atoms with van der Waals surface area (Å²) in [5.41, 5.74) is 0.621. The van der Waals surface area contributed by atoms with E-state index in [0.717, 1.165) is 12.8 Å². The van der Waals surface area contributed by atoms with Gasteiger partial charge >= 0.3 is 6.36 Å². The number of nitrogens with one attached hydrogen (secondary N) is 2. The van der Waals surface area contributed by atoms with E-state index in [1.165, 1.54) is 43.5 Å². The van der Waals surface area contributed by atoms with Gasteiger partial charge in [-0.3, -0.25) is 9.59 Å².